The lowest BCUT2D eigenvalue weighted by molar-refractivity contribution is -0.123. The number of carbonyl (C=O) groups is 2. The molecule has 0 aliphatic heterocycles. The molecule has 0 saturated carbocycles. The lowest BCUT2D eigenvalue weighted by Gasteiger charge is -2.17. The maximum atomic E-state index is 12.0. The highest BCUT2D eigenvalue weighted by molar-refractivity contribution is 6.30. The van der Waals surface area contributed by atoms with Gasteiger partial charge < -0.3 is 9.84 Å². The van der Waals surface area contributed by atoms with Crippen molar-refractivity contribution in [3.05, 3.63) is 46.7 Å². The third kappa shape index (κ3) is 4.33. The van der Waals surface area contributed by atoms with E-state index < -0.39 is 0 Å². The quantitative estimate of drug-likeness (QED) is 0.917. The van der Waals surface area contributed by atoms with E-state index in [0.717, 1.165) is 5.56 Å². The minimum atomic E-state index is -0.286. The first-order valence-electron chi connectivity index (χ1n) is 6.68. The molecule has 2 amide bonds. The molecule has 0 spiro atoms. The van der Waals surface area contributed by atoms with Crippen LogP contribution in [0.25, 0.3) is 0 Å². The molecule has 6 nitrogen and oxygen atoms in total. The van der Waals surface area contributed by atoms with Crippen LogP contribution in [-0.2, 0) is 16.1 Å². The fourth-order valence-corrected chi connectivity index (χ4v) is 1.96. The standard InChI is InChI=1S/C15H16ClN3O3/c1-10-7-14(18-22-10)19(11(2)20)9-15(21)17-8-12-3-5-13(16)6-4-12/h3-7H,8-9H2,1-2H3,(H,17,21). The van der Waals surface area contributed by atoms with Crippen LogP contribution in [0.2, 0.25) is 5.02 Å². The van der Waals surface area contributed by atoms with Gasteiger partial charge in [0.05, 0.1) is 0 Å². The van der Waals surface area contributed by atoms with E-state index in [2.05, 4.69) is 10.5 Å². The number of anilines is 1. The maximum Gasteiger partial charge on any atom is 0.240 e. The number of nitrogens with zero attached hydrogens (tertiary/aromatic N) is 2. The molecule has 116 valence electrons. The van der Waals surface area contributed by atoms with Crippen molar-refractivity contribution in [1.29, 1.82) is 0 Å². The number of benzene rings is 1. The van der Waals surface area contributed by atoms with Crippen LogP contribution in [0.4, 0.5) is 5.82 Å². The Morgan fingerprint density at radius 3 is 2.55 bits per heavy atom. The Hall–Kier alpha value is -2.34. The molecule has 0 aliphatic rings. The smallest absolute Gasteiger partial charge is 0.240 e. The van der Waals surface area contributed by atoms with Crippen LogP contribution in [0.1, 0.15) is 18.2 Å². The molecule has 0 radical (unpaired) electrons. The van der Waals surface area contributed by atoms with Crippen molar-refractivity contribution in [1.82, 2.24) is 10.5 Å². The van der Waals surface area contributed by atoms with Gasteiger partial charge in [0.1, 0.15) is 12.3 Å². The zero-order valence-electron chi connectivity index (χ0n) is 12.3. The highest BCUT2D eigenvalue weighted by Crippen LogP contribution is 2.14. The Kier molecular flexibility index (Phi) is 5.16. The zero-order chi connectivity index (χ0) is 16.1. The van der Waals surface area contributed by atoms with E-state index in [1.165, 1.54) is 11.8 Å². The lowest BCUT2D eigenvalue weighted by Crippen LogP contribution is -2.39. The number of rotatable bonds is 5. The molecule has 0 fully saturated rings. The first-order chi connectivity index (χ1) is 10.5. The SMILES string of the molecule is CC(=O)N(CC(=O)NCc1ccc(Cl)cc1)c1cc(C)on1. The average molecular weight is 322 g/mol. The first kappa shape index (κ1) is 16.0. The van der Waals surface area contributed by atoms with Crippen LogP contribution in [0.15, 0.2) is 34.9 Å². The number of aromatic nitrogens is 1. The van der Waals surface area contributed by atoms with Gasteiger partial charge in [-0.15, -0.1) is 0 Å². The van der Waals surface area contributed by atoms with E-state index in [-0.39, 0.29) is 18.4 Å². The van der Waals surface area contributed by atoms with Gasteiger partial charge in [0, 0.05) is 24.6 Å². The largest absolute Gasteiger partial charge is 0.360 e. The molecule has 22 heavy (non-hydrogen) atoms. The number of hydrogen-bond donors (Lipinski definition) is 1. The summed E-state index contributed by atoms with van der Waals surface area (Å²) in [6, 6.07) is 8.76. The van der Waals surface area contributed by atoms with Gasteiger partial charge in [-0.1, -0.05) is 28.9 Å². The molecule has 0 atom stereocenters. The van der Waals surface area contributed by atoms with Crippen molar-refractivity contribution in [3.8, 4) is 0 Å². The van der Waals surface area contributed by atoms with Crippen molar-refractivity contribution >= 4 is 29.2 Å². The minimum absolute atomic E-state index is 0.116. The molecule has 0 bridgehead atoms. The van der Waals surface area contributed by atoms with E-state index in [0.29, 0.717) is 23.1 Å². The summed E-state index contributed by atoms with van der Waals surface area (Å²) in [5, 5.41) is 7.14. The van der Waals surface area contributed by atoms with Gasteiger partial charge in [0.2, 0.25) is 11.8 Å². The summed E-state index contributed by atoms with van der Waals surface area (Å²) >= 11 is 5.80. The molecule has 7 heteroatoms. The monoisotopic (exact) mass is 321 g/mol. The number of amides is 2. The molecular weight excluding hydrogens is 306 g/mol. The third-order valence-electron chi connectivity index (χ3n) is 2.98. The summed E-state index contributed by atoms with van der Waals surface area (Å²) in [4.78, 5) is 24.9. The average Bonchev–Trinajstić information content (AvgIpc) is 2.90. The lowest BCUT2D eigenvalue weighted by atomic mass is 10.2. The van der Waals surface area contributed by atoms with Crippen LogP contribution in [0.3, 0.4) is 0 Å². The molecular formula is C15H16ClN3O3. The summed E-state index contributed by atoms with van der Waals surface area (Å²) in [5.41, 5.74) is 0.921. The van der Waals surface area contributed by atoms with Gasteiger partial charge in [0.25, 0.3) is 0 Å². The zero-order valence-corrected chi connectivity index (χ0v) is 13.1. The topological polar surface area (TPSA) is 75.4 Å². The number of halogens is 1. The molecule has 0 aliphatic carbocycles. The Labute approximate surface area is 133 Å². The van der Waals surface area contributed by atoms with Crippen molar-refractivity contribution in [2.45, 2.75) is 20.4 Å². The summed E-state index contributed by atoms with van der Waals surface area (Å²) < 4.78 is 4.93. The molecule has 0 saturated heterocycles. The van der Waals surface area contributed by atoms with E-state index >= 15 is 0 Å². The Balaban J connectivity index is 1.94. The fraction of sp³-hybridized carbons (Fsp3) is 0.267. The van der Waals surface area contributed by atoms with Gasteiger partial charge in [0.15, 0.2) is 5.82 Å². The Morgan fingerprint density at radius 1 is 1.32 bits per heavy atom. The van der Waals surface area contributed by atoms with Gasteiger partial charge in [-0.3, -0.25) is 14.5 Å². The number of nitrogens with one attached hydrogen (secondary N) is 1. The van der Waals surface area contributed by atoms with Crippen LogP contribution in [-0.4, -0.2) is 23.5 Å². The molecule has 1 N–H and O–H groups in total. The second-order valence-corrected chi connectivity index (χ2v) is 5.24. The van der Waals surface area contributed by atoms with E-state index in [1.54, 1.807) is 25.1 Å². The highest BCUT2D eigenvalue weighted by atomic mass is 35.5. The van der Waals surface area contributed by atoms with Crippen molar-refractivity contribution < 1.29 is 14.1 Å². The first-order valence-corrected chi connectivity index (χ1v) is 7.06. The summed E-state index contributed by atoms with van der Waals surface area (Å²) in [5.74, 6) is 0.329. The second-order valence-electron chi connectivity index (χ2n) is 4.80. The highest BCUT2D eigenvalue weighted by Gasteiger charge is 2.18. The summed E-state index contributed by atoms with van der Waals surface area (Å²) in [6.45, 7) is 3.33. The number of hydrogen-bond acceptors (Lipinski definition) is 4. The van der Waals surface area contributed by atoms with Crippen LogP contribution < -0.4 is 10.2 Å². The third-order valence-corrected chi connectivity index (χ3v) is 3.23. The molecule has 1 aromatic heterocycles. The van der Waals surface area contributed by atoms with Crippen molar-refractivity contribution in [2.75, 3.05) is 11.4 Å². The van der Waals surface area contributed by atoms with Gasteiger partial charge in [-0.25, -0.2) is 0 Å². The number of aryl methyl sites for hydroxylation is 1. The Morgan fingerprint density at radius 2 is 2.00 bits per heavy atom. The molecule has 2 aromatic rings. The van der Waals surface area contributed by atoms with E-state index in [4.69, 9.17) is 16.1 Å². The van der Waals surface area contributed by atoms with Crippen LogP contribution >= 0.6 is 11.6 Å². The molecule has 1 heterocycles. The number of carbonyl (C=O) groups excluding carboxylic acids is 2. The molecule has 2 rings (SSSR count). The van der Waals surface area contributed by atoms with Gasteiger partial charge in [-0.05, 0) is 24.6 Å². The van der Waals surface area contributed by atoms with Crippen LogP contribution in [0, 0.1) is 6.92 Å². The fourth-order valence-electron chi connectivity index (χ4n) is 1.84. The maximum absolute atomic E-state index is 12.0. The van der Waals surface area contributed by atoms with Gasteiger partial charge in [-0.2, -0.15) is 0 Å². The molecule has 0 unspecified atom stereocenters. The Bertz CT molecular complexity index is 667. The van der Waals surface area contributed by atoms with Crippen molar-refractivity contribution in [2.24, 2.45) is 0 Å². The van der Waals surface area contributed by atoms with Gasteiger partial charge >= 0.3 is 0 Å². The summed E-state index contributed by atoms with van der Waals surface area (Å²) in [7, 11) is 0. The predicted octanol–water partition coefficient (Wildman–Crippen LogP) is 2.31. The van der Waals surface area contributed by atoms with E-state index in [9.17, 15) is 9.59 Å². The van der Waals surface area contributed by atoms with Crippen LogP contribution in [0.5, 0.6) is 0 Å². The predicted molar refractivity (Wildman–Crippen MR) is 82.6 cm³/mol. The van der Waals surface area contributed by atoms with Crippen molar-refractivity contribution in [3.63, 3.8) is 0 Å². The summed E-state index contributed by atoms with van der Waals surface area (Å²) in [6.07, 6.45) is 0. The second kappa shape index (κ2) is 7.09. The van der Waals surface area contributed by atoms with E-state index in [1.807, 2.05) is 12.1 Å². The molecule has 1 aromatic carbocycles. The normalized spacial score (nSPS) is 10.3. The minimum Gasteiger partial charge on any atom is -0.360 e.